The van der Waals surface area contributed by atoms with Gasteiger partial charge < -0.3 is 18.5 Å². The van der Waals surface area contributed by atoms with Crippen LogP contribution >= 0.6 is 7.82 Å². The maximum Gasteiger partial charge on any atom is 0.530 e. The van der Waals surface area contributed by atoms with Crippen molar-refractivity contribution in [2.75, 3.05) is 13.2 Å². The Balaban J connectivity index is 2.75. The largest absolute Gasteiger partial charge is 0.543 e. The van der Waals surface area contributed by atoms with E-state index >= 15 is 0 Å². The van der Waals surface area contributed by atoms with Crippen molar-refractivity contribution in [2.24, 2.45) is 0 Å². The van der Waals surface area contributed by atoms with Crippen molar-refractivity contribution in [3.8, 4) is 23.0 Å². The molecule has 0 aliphatic heterocycles. The summed E-state index contributed by atoms with van der Waals surface area (Å²) in [4.78, 5) is 0. The van der Waals surface area contributed by atoms with Gasteiger partial charge in [-0.25, -0.2) is 4.57 Å². The average molecular weight is 557 g/mol. The van der Waals surface area contributed by atoms with Gasteiger partial charge in [-0.3, -0.25) is 9.05 Å². The number of fused-ring (bicyclic) bond motifs is 1. The van der Waals surface area contributed by atoms with Crippen LogP contribution in [0.2, 0.25) is 36.3 Å². The average Bonchev–Trinajstić information content (AvgIpc) is 2.69. The summed E-state index contributed by atoms with van der Waals surface area (Å²) in [6.45, 7) is 25.4. The molecule has 0 fully saturated rings. The summed E-state index contributed by atoms with van der Waals surface area (Å²) < 4.78 is 42.6. The Labute approximate surface area is 219 Å². The molecule has 0 bridgehead atoms. The van der Waals surface area contributed by atoms with Crippen LogP contribution in [0.15, 0.2) is 24.3 Å². The normalized spacial score (nSPS) is 13.7. The van der Waals surface area contributed by atoms with Crippen LogP contribution in [0.5, 0.6) is 23.0 Å². The van der Waals surface area contributed by atoms with Crippen LogP contribution in [0.25, 0.3) is 10.8 Å². The standard InChI is InChI=1S/C26H45O7PSi2/c1-13-29-34(28,30-14-2)31-24-18-20-19(17-21(24)27)22(32-35(9,10)25(3,4)5)15-16-23(20)33-36(11,12)26(6,7)8/h15-18,27H,13-14H2,1-12H3. The predicted octanol–water partition coefficient (Wildman–Crippen LogP) is 8.87. The van der Waals surface area contributed by atoms with Crippen LogP contribution in [-0.4, -0.2) is 35.0 Å². The van der Waals surface area contributed by atoms with E-state index in [4.69, 9.17) is 22.4 Å². The van der Waals surface area contributed by atoms with E-state index < -0.39 is 24.5 Å². The summed E-state index contributed by atoms with van der Waals surface area (Å²) in [6, 6.07) is 7.04. The molecule has 0 atom stereocenters. The highest BCUT2D eigenvalue weighted by atomic mass is 31.2. The molecule has 0 aromatic heterocycles. The second kappa shape index (κ2) is 10.7. The van der Waals surface area contributed by atoms with Crippen LogP contribution in [0.3, 0.4) is 0 Å². The zero-order chi connectivity index (χ0) is 27.7. The molecule has 0 unspecified atom stereocenters. The van der Waals surface area contributed by atoms with Crippen LogP contribution < -0.4 is 13.4 Å². The van der Waals surface area contributed by atoms with Gasteiger partial charge in [-0.1, -0.05) is 41.5 Å². The first kappa shape index (κ1) is 30.7. The smallest absolute Gasteiger partial charge is 0.530 e. The highest BCUT2D eigenvalue weighted by molar-refractivity contribution is 7.48. The van der Waals surface area contributed by atoms with Crippen molar-refractivity contribution in [1.82, 2.24) is 0 Å². The van der Waals surface area contributed by atoms with Crippen LogP contribution in [-0.2, 0) is 13.6 Å². The number of phenols is 1. The Morgan fingerprint density at radius 1 is 0.750 bits per heavy atom. The fraction of sp³-hybridized carbons (Fsp3) is 0.615. The number of phenolic OH excluding ortho intramolecular Hbond substituents is 1. The quantitative estimate of drug-likeness (QED) is 0.231. The summed E-state index contributed by atoms with van der Waals surface area (Å²) in [5.41, 5.74) is 0. The van der Waals surface area contributed by atoms with E-state index in [0.29, 0.717) is 22.3 Å². The van der Waals surface area contributed by atoms with Crippen molar-refractivity contribution in [3.63, 3.8) is 0 Å². The Morgan fingerprint density at radius 3 is 1.50 bits per heavy atom. The van der Waals surface area contributed by atoms with Crippen LogP contribution in [0.4, 0.5) is 0 Å². The molecule has 7 nitrogen and oxygen atoms in total. The molecule has 2 aromatic carbocycles. The van der Waals surface area contributed by atoms with Crippen molar-refractivity contribution in [3.05, 3.63) is 24.3 Å². The molecule has 0 aliphatic carbocycles. The first-order valence-corrected chi connectivity index (χ1v) is 19.8. The molecule has 1 N–H and O–H groups in total. The number of phosphoric ester groups is 1. The third kappa shape index (κ3) is 6.87. The van der Waals surface area contributed by atoms with Gasteiger partial charge in [0.15, 0.2) is 11.5 Å². The summed E-state index contributed by atoms with van der Waals surface area (Å²) in [7, 11) is -8.29. The molecule has 0 amide bonds. The second-order valence-electron chi connectivity index (χ2n) is 12.0. The Bertz CT molecular complexity index is 1110. The van der Waals surface area contributed by atoms with E-state index in [2.05, 4.69) is 67.7 Å². The van der Waals surface area contributed by atoms with Crippen molar-refractivity contribution in [1.29, 1.82) is 0 Å². The van der Waals surface area contributed by atoms with Gasteiger partial charge >= 0.3 is 7.82 Å². The lowest BCUT2D eigenvalue weighted by Crippen LogP contribution is -2.44. The highest BCUT2D eigenvalue weighted by Crippen LogP contribution is 2.53. The van der Waals surface area contributed by atoms with Gasteiger partial charge in [0.2, 0.25) is 0 Å². The fourth-order valence-corrected chi connectivity index (χ4v) is 6.21. The zero-order valence-corrected chi connectivity index (χ0v) is 27.0. The molecule has 0 saturated heterocycles. The number of phosphoric acid groups is 1. The number of hydrogen-bond acceptors (Lipinski definition) is 7. The number of rotatable bonds is 10. The Kier molecular flexibility index (Phi) is 9.12. The molecule has 0 heterocycles. The lowest BCUT2D eigenvalue weighted by atomic mass is 10.1. The minimum absolute atomic E-state index is 0.00251. The summed E-state index contributed by atoms with van der Waals surface area (Å²) in [6.07, 6.45) is 0. The predicted molar refractivity (Wildman–Crippen MR) is 153 cm³/mol. The molecule has 204 valence electrons. The maximum absolute atomic E-state index is 13.1. The number of hydrogen-bond donors (Lipinski definition) is 1. The first-order valence-electron chi connectivity index (χ1n) is 12.5. The van der Waals surface area contributed by atoms with Crippen LogP contribution in [0.1, 0.15) is 55.4 Å². The lowest BCUT2D eigenvalue weighted by molar-refractivity contribution is 0.166. The first-order chi connectivity index (χ1) is 16.3. The van der Waals surface area contributed by atoms with Gasteiger partial charge in [0, 0.05) is 10.8 Å². The molecule has 0 radical (unpaired) electrons. The minimum Gasteiger partial charge on any atom is -0.543 e. The molecule has 10 heteroatoms. The molecule has 0 saturated carbocycles. The van der Waals surface area contributed by atoms with Gasteiger partial charge in [-0.15, -0.1) is 0 Å². The van der Waals surface area contributed by atoms with Crippen molar-refractivity contribution >= 4 is 35.2 Å². The SMILES string of the molecule is CCOP(=O)(OCC)Oc1cc2c(O[Si](C)(C)C(C)(C)C)ccc(O[Si](C)(C)C(C)(C)C)c2cc1O. The summed E-state index contributed by atoms with van der Waals surface area (Å²) >= 11 is 0. The fourth-order valence-electron chi connectivity index (χ4n) is 2.94. The molecule has 2 aromatic rings. The van der Waals surface area contributed by atoms with Gasteiger partial charge in [-0.2, -0.15) is 0 Å². The molecular formula is C26H45O7PSi2. The molecule has 0 spiro atoms. The van der Waals surface area contributed by atoms with E-state index in [-0.39, 0.29) is 34.8 Å². The molecular weight excluding hydrogens is 511 g/mol. The van der Waals surface area contributed by atoms with Gasteiger partial charge in [0.05, 0.1) is 13.2 Å². The Morgan fingerprint density at radius 2 is 1.14 bits per heavy atom. The third-order valence-electron chi connectivity index (χ3n) is 7.14. The van der Waals surface area contributed by atoms with E-state index in [1.807, 2.05) is 12.1 Å². The zero-order valence-electron chi connectivity index (χ0n) is 24.1. The maximum atomic E-state index is 13.1. The Hall–Kier alpha value is -1.52. The van der Waals surface area contributed by atoms with E-state index in [1.54, 1.807) is 26.0 Å². The van der Waals surface area contributed by atoms with E-state index in [1.165, 1.54) is 0 Å². The van der Waals surface area contributed by atoms with E-state index in [0.717, 1.165) is 0 Å². The van der Waals surface area contributed by atoms with E-state index in [9.17, 15) is 9.67 Å². The van der Waals surface area contributed by atoms with Gasteiger partial charge in [-0.05, 0) is 74.4 Å². The third-order valence-corrected chi connectivity index (χ3v) is 17.4. The second-order valence-corrected chi connectivity index (χ2v) is 23.1. The van der Waals surface area contributed by atoms with Crippen molar-refractivity contribution < 1.29 is 32.1 Å². The monoisotopic (exact) mass is 556 g/mol. The minimum atomic E-state index is -3.91. The van der Waals surface area contributed by atoms with Crippen LogP contribution in [0, 0.1) is 0 Å². The molecule has 36 heavy (non-hydrogen) atoms. The highest BCUT2D eigenvalue weighted by Gasteiger charge is 2.41. The van der Waals surface area contributed by atoms with Gasteiger partial charge in [0.1, 0.15) is 11.5 Å². The number of benzene rings is 2. The number of aromatic hydroxyl groups is 1. The summed E-state index contributed by atoms with van der Waals surface area (Å²) in [5, 5.41) is 12.3. The summed E-state index contributed by atoms with van der Waals surface area (Å²) in [5.74, 6) is 1.13. The lowest BCUT2D eigenvalue weighted by Gasteiger charge is -2.38. The molecule has 0 aliphatic rings. The van der Waals surface area contributed by atoms with Crippen molar-refractivity contribution in [2.45, 2.75) is 91.7 Å². The molecule has 2 rings (SSSR count). The topological polar surface area (TPSA) is 83.5 Å². The van der Waals surface area contributed by atoms with Gasteiger partial charge in [0.25, 0.3) is 16.6 Å².